The summed E-state index contributed by atoms with van der Waals surface area (Å²) in [6.07, 6.45) is 3.43. The maximum atomic E-state index is 11.8. The SMILES string of the molecule is CCCCNc1nc(NC(=O)OC)nc2c(Br)nn(Cc3ccc(CNC4CCOCC4)cc3OC)c12. The molecule has 0 unspecified atom stereocenters. The second-order valence-corrected chi connectivity index (χ2v) is 9.60. The number of hydrogen-bond donors (Lipinski definition) is 3. The van der Waals surface area contributed by atoms with Gasteiger partial charge in [-0.2, -0.15) is 10.1 Å². The number of methoxy groups -OCH3 is 2. The fraction of sp³-hybridized carbons (Fsp3) is 0.520. The summed E-state index contributed by atoms with van der Waals surface area (Å²) in [6.45, 7) is 5.69. The van der Waals surface area contributed by atoms with E-state index in [1.54, 1.807) is 7.11 Å². The molecule has 0 aliphatic carbocycles. The highest BCUT2D eigenvalue weighted by molar-refractivity contribution is 9.10. The van der Waals surface area contributed by atoms with E-state index >= 15 is 0 Å². The molecule has 1 aliphatic rings. The molecular formula is C25H34BrN7O4. The predicted molar refractivity (Wildman–Crippen MR) is 145 cm³/mol. The predicted octanol–water partition coefficient (Wildman–Crippen LogP) is 4.30. The van der Waals surface area contributed by atoms with Gasteiger partial charge in [0, 0.05) is 37.9 Å². The average Bonchev–Trinajstić information content (AvgIpc) is 3.23. The largest absolute Gasteiger partial charge is 0.496 e. The number of hydrogen-bond acceptors (Lipinski definition) is 9. The first-order valence-corrected chi connectivity index (χ1v) is 13.3. The molecule has 1 saturated heterocycles. The van der Waals surface area contributed by atoms with Crippen molar-refractivity contribution in [2.75, 3.05) is 44.6 Å². The van der Waals surface area contributed by atoms with Gasteiger partial charge in [-0.3, -0.25) is 10.00 Å². The Kier molecular flexibility index (Phi) is 9.53. The Balaban J connectivity index is 1.60. The van der Waals surface area contributed by atoms with Crippen LogP contribution in [0.15, 0.2) is 22.8 Å². The van der Waals surface area contributed by atoms with Crippen molar-refractivity contribution >= 4 is 44.8 Å². The second-order valence-electron chi connectivity index (χ2n) is 8.85. The number of carbonyl (C=O) groups is 1. The van der Waals surface area contributed by atoms with Crippen LogP contribution in [0.1, 0.15) is 43.7 Å². The Bertz CT molecular complexity index is 1210. The summed E-state index contributed by atoms with van der Waals surface area (Å²) in [5, 5.41) is 14.2. The first-order chi connectivity index (χ1) is 18.0. The van der Waals surface area contributed by atoms with Crippen LogP contribution >= 0.6 is 15.9 Å². The number of aromatic nitrogens is 4. The highest BCUT2D eigenvalue weighted by Crippen LogP contribution is 2.30. The van der Waals surface area contributed by atoms with Crippen LogP contribution in [-0.2, 0) is 22.6 Å². The van der Waals surface area contributed by atoms with Gasteiger partial charge in [0.2, 0.25) is 5.95 Å². The van der Waals surface area contributed by atoms with Gasteiger partial charge in [0.25, 0.3) is 0 Å². The van der Waals surface area contributed by atoms with Crippen LogP contribution in [0.3, 0.4) is 0 Å². The third kappa shape index (κ3) is 6.88. The van der Waals surface area contributed by atoms with Gasteiger partial charge in [0.15, 0.2) is 10.4 Å². The van der Waals surface area contributed by atoms with Crippen molar-refractivity contribution in [3.63, 3.8) is 0 Å². The second kappa shape index (κ2) is 13.0. The van der Waals surface area contributed by atoms with Crippen LogP contribution in [0.5, 0.6) is 5.75 Å². The molecule has 200 valence electrons. The Morgan fingerprint density at radius 1 is 1.24 bits per heavy atom. The van der Waals surface area contributed by atoms with Crippen LogP contribution in [-0.4, -0.2) is 65.9 Å². The molecule has 0 radical (unpaired) electrons. The van der Waals surface area contributed by atoms with Crippen molar-refractivity contribution in [1.29, 1.82) is 0 Å². The van der Waals surface area contributed by atoms with E-state index in [0.717, 1.165) is 74.4 Å². The third-order valence-electron chi connectivity index (χ3n) is 6.26. The fourth-order valence-electron chi connectivity index (χ4n) is 4.22. The number of anilines is 2. The minimum absolute atomic E-state index is 0.137. The Morgan fingerprint density at radius 3 is 2.78 bits per heavy atom. The van der Waals surface area contributed by atoms with E-state index in [0.29, 0.717) is 28.5 Å². The lowest BCUT2D eigenvalue weighted by atomic mass is 10.1. The number of ether oxygens (including phenoxy) is 3. The number of carbonyl (C=O) groups excluding carboxylic acids is 1. The number of rotatable bonds is 11. The quantitative estimate of drug-likeness (QED) is 0.287. The molecule has 0 saturated carbocycles. The zero-order valence-corrected chi connectivity index (χ0v) is 23.1. The Morgan fingerprint density at radius 2 is 2.05 bits per heavy atom. The monoisotopic (exact) mass is 575 g/mol. The molecule has 11 nitrogen and oxygen atoms in total. The van der Waals surface area contributed by atoms with E-state index in [9.17, 15) is 4.79 Å². The van der Waals surface area contributed by atoms with Gasteiger partial charge in [0.05, 0.1) is 20.8 Å². The summed E-state index contributed by atoms with van der Waals surface area (Å²) in [4.78, 5) is 20.8. The van der Waals surface area contributed by atoms with E-state index in [4.69, 9.17) is 14.2 Å². The minimum atomic E-state index is -0.640. The van der Waals surface area contributed by atoms with Crippen molar-refractivity contribution in [2.45, 2.75) is 51.7 Å². The van der Waals surface area contributed by atoms with Crippen molar-refractivity contribution < 1.29 is 19.0 Å². The standard InChI is InChI=1S/C25H34BrN7O4/c1-4-5-10-27-23-21-20(29-24(30-23)31-25(34)36-3)22(26)32-33(21)15-17-7-6-16(13-19(17)35-2)14-28-18-8-11-37-12-9-18/h6-7,13,18,28H,4-5,8-12,14-15H2,1-3H3,(H2,27,29,30,31,34). The maximum absolute atomic E-state index is 11.8. The summed E-state index contributed by atoms with van der Waals surface area (Å²) in [6, 6.07) is 6.72. The molecule has 3 N–H and O–H groups in total. The molecule has 1 fully saturated rings. The summed E-state index contributed by atoms with van der Waals surface area (Å²) in [5.74, 6) is 1.51. The van der Waals surface area contributed by atoms with Crippen LogP contribution in [0, 0.1) is 0 Å². The van der Waals surface area contributed by atoms with E-state index in [2.05, 4.69) is 72.1 Å². The van der Waals surface area contributed by atoms with Gasteiger partial charge in [0.1, 0.15) is 16.8 Å². The van der Waals surface area contributed by atoms with Crippen LogP contribution in [0.4, 0.5) is 16.6 Å². The maximum Gasteiger partial charge on any atom is 0.413 e. The Labute approximate surface area is 224 Å². The number of fused-ring (bicyclic) bond motifs is 1. The highest BCUT2D eigenvalue weighted by Gasteiger charge is 2.20. The van der Waals surface area contributed by atoms with Gasteiger partial charge >= 0.3 is 6.09 Å². The number of amides is 1. The molecule has 1 aliphatic heterocycles. The topological polar surface area (TPSA) is 124 Å². The molecule has 4 rings (SSSR count). The lowest BCUT2D eigenvalue weighted by molar-refractivity contribution is 0.0776. The van der Waals surface area contributed by atoms with E-state index in [1.165, 1.54) is 7.11 Å². The number of benzene rings is 1. The van der Waals surface area contributed by atoms with Crippen molar-refractivity contribution in [1.82, 2.24) is 25.1 Å². The molecule has 0 spiro atoms. The zero-order valence-electron chi connectivity index (χ0n) is 21.5. The minimum Gasteiger partial charge on any atom is -0.496 e. The van der Waals surface area contributed by atoms with Crippen molar-refractivity contribution in [3.8, 4) is 5.75 Å². The molecule has 37 heavy (non-hydrogen) atoms. The van der Waals surface area contributed by atoms with E-state index < -0.39 is 6.09 Å². The lowest BCUT2D eigenvalue weighted by Crippen LogP contribution is -2.34. The highest BCUT2D eigenvalue weighted by atomic mass is 79.9. The number of unbranched alkanes of at least 4 members (excludes halogenated alkanes) is 1. The van der Waals surface area contributed by atoms with E-state index in [1.807, 2.05) is 4.68 Å². The van der Waals surface area contributed by atoms with Gasteiger partial charge in [-0.05, 0) is 46.8 Å². The summed E-state index contributed by atoms with van der Waals surface area (Å²) in [7, 11) is 2.97. The van der Waals surface area contributed by atoms with Crippen molar-refractivity contribution in [3.05, 3.63) is 33.9 Å². The van der Waals surface area contributed by atoms with Gasteiger partial charge in [-0.15, -0.1) is 0 Å². The lowest BCUT2D eigenvalue weighted by Gasteiger charge is -2.23. The zero-order chi connectivity index (χ0) is 26.2. The summed E-state index contributed by atoms with van der Waals surface area (Å²) >= 11 is 3.53. The molecule has 12 heteroatoms. The molecule has 0 bridgehead atoms. The smallest absolute Gasteiger partial charge is 0.413 e. The van der Waals surface area contributed by atoms with Gasteiger partial charge in [-0.25, -0.2) is 9.78 Å². The molecule has 2 aromatic heterocycles. The van der Waals surface area contributed by atoms with E-state index in [-0.39, 0.29) is 5.95 Å². The molecule has 0 atom stereocenters. The normalized spacial score (nSPS) is 14.1. The molecule has 3 heterocycles. The van der Waals surface area contributed by atoms with Crippen LogP contribution < -0.4 is 20.7 Å². The Hall–Kier alpha value is -2.96. The van der Waals surface area contributed by atoms with Crippen LogP contribution in [0.25, 0.3) is 11.0 Å². The average molecular weight is 576 g/mol. The third-order valence-corrected chi connectivity index (χ3v) is 6.79. The van der Waals surface area contributed by atoms with Gasteiger partial charge < -0.3 is 24.8 Å². The molecule has 1 aromatic carbocycles. The number of halogens is 1. The molecule has 1 amide bonds. The van der Waals surface area contributed by atoms with Crippen molar-refractivity contribution in [2.24, 2.45) is 0 Å². The fourth-order valence-corrected chi connectivity index (χ4v) is 4.69. The van der Waals surface area contributed by atoms with Gasteiger partial charge in [-0.1, -0.05) is 25.5 Å². The summed E-state index contributed by atoms with van der Waals surface area (Å²) < 4.78 is 18.3. The summed E-state index contributed by atoms with van der Waals surface area (Å²) in [5.41, 5.74) is 3.44. The van der Waals surface area contributed by atoms with Crippen LogP contribution in [0.2, 0.25) is 0 Å². The molecular weight excluding hydrogens is 542 g/mol. The number of nitrogens with zero attached hydrogens (tertiary/aromatic N) is 4. The molecule has 3 aromatic rings. The first-order valence-electron chi connectivity index (χ1n) is 12.5. The number of nitrogens with one attached hydrogen (secondary N) is 3. The first kappa shape index (κ1) is 27.1.